The molecule has 12 heteroatoms. The molecule has 182 valence electrons. The fourth-order valence-electron chi connectivity index (χ4n) is 4.29. The Morgan fingerprint density at radius 2 is 1.88 bits per heavy atom. The van der Waals surface area contributed by atoms with Gasteiger partial charge >= 0.3 is 6.03 Å². The Kier molecular flexibility index (Phi) is 6.64. The highest BCUT2D eigenvalue weighted by atomic mass is 32.2. The van der Waals surface area contributed by atoms with Gasteiger partial charge in [-0.25, -0.2) is 21.6 Å². The second kappa shape index (κ2) is 8.71. The maximum absolute atomic E-state index is 13.2. The van der Waals surface area contributed by atoms with E-state index in [4.69, 9.17) is 0 Å². The molecule has 4 amide bonds. The zero-order valence-corrected chi connectivity index (χ0v) is 20.7. The van der Waals surface area contributed by atoms with Crippen molar-refractivity contribution in [3.8, 4) is 0 Å². The van der Waals surface area contributed by atoms with Gasteiger partial charge in [-0.15, -0.1) is 0 Å². The number of sulfone groups is 2. The number of hydrogen-bond acceptors (Lipinski definition) is 7. The van der Waals surface area contributed by atoms with Crippen molar-refractivity contribution in [3.05, 3.63) is 29.8 Å². The zero-order valence-electron chi connectivity index (χ0n) is 19.1. The van der Waals surface area contributed by atoms with Crippen LogP contribution < -0.4 is 5.32 Å². The molecule has 1 aromatic rings. The molecule has 1 N–H and O–H groups in total. The summed E-state index contributed by atoms with van der Waals surface area (Å²) in [6.07, 6.45) is 1.98. The van der Waals surface area contributed by atoms with Crippen molar-refractivity contribution in [2.24, 2.45) is 0 Å². The predicted octanol–water partition coefficient (Wildman–Crippen LogP) is 0.671. The van der Waals surface area contributed by atoms with Crippen LogP contribution in [0.4, 0.5) is 4.79 Å². The normalized spacial score (nSPS) is 25.7. The Hall–Kier alpha value is -2.47. The third-order valence-electron chi connectivity index (χ3n) is 6.38. The summed E-state index contributed by atoms with van der Waals surface area (Å²) in [4.78, 5) is 41.4. The van der Waals surface area contributed by atoms with Crippen LogP contribution in [0.25, 0.3) is 0 Å². The molecule has 3 atom stereocenters. The number of rotatable bonds is 7. The van der Waals surface area contributed by atoms with Crippen LogP contribution in [-0.4, -0.2) is 80.9 Å². The summed E-state index contributed by atoms with van der Waals surface area (Å²) in [6.45, 7) is 4.66. The average Bonchev–Trinajstić information content (AvgIpc) is 3.19. The number of carbonyl (C=O) groups is 3. The summed E-state index contributed by atoms with van der Waals surface area (Å²) in [5, 5.41) is 2.60. The van der Waals surface area contributed by atoms with Crippen LogP contribution >= 0.6 is 0 Å². The quantitative estimate of drug-likeness (QED) is 0.544. The number of benzene rings is 1. The molecule has 0 saturated carbocycles. The van der Waals surface area contributed by atoms with E-state index in [9.17, 15) is 31.2 Å². The van der Waals surface area contributed by atoms with Crippen molar-refractivity contribution in [2.75, 3.05) is 24.3 Å². The van der Waals surface area contributed by atoms with E-state index >= 15 is 0 Å². The van der Waals surface area contributed by atoms with E-state index in [1.807, 2.05) is 13.8 Å². The van der Waals surface area contributed by atoms with Crippen molar-refractivity contribution in [1.82, 2.24) is 15.1 Å². The third-order valence-corrected chi connectivity index (χ3v) is 9.26. The lowest BCUT2D eigenvalue weighted by atomic mass is 9.92. The molecule has 33 heavy (non-hydrogen) atoms. The fraction of sp³-hybridized carbons (Fsp3) is 0.571. The SMILES string of the molecule is CC[C@H](C)N(C(=O)CN1C(=O)N[C@](C)(c2ccc(S(C)(=O)=O)cc2)C1=O)[C@@H]1CCS(=O)(=O)C1. The summed E-state index contributed by atoms with van der Waals surface area (Å²) in [7, 11) is -6.66. The molecule has 3 rings (SSSR count). The van der Waals surface area contributed by atoms with Crippen molar-refractivity contribution in [2.45, 2.75) is 56.1 Å². The van der Waals surface area contributed by atoms with Gasteiger partial charge in [0.2, 0.25) is 5.91 Å². The minimum atomic E-state index is -3.43. The lowest BCUT2D eigenvalue weighted by molar-refractivity contribution is -0.141. The lowest BCUT2D eigenvalue weighted by Crippen LogP contribution is -2.51. The molecular formula is C21H29N3O7S2. The van der Waals surface area contributed by atoms with Gasteiger partial charge in [0, 0.05) is 18.3 Å². The topological polar surface area (TPSA) is 138 Å². The molecule has 0 aromatic heterocycles. The number of hydrogen-bond donors (Lipinski definition) is 1. The van der Waals surface area contributed by atoms with Crippen LogP contribution in [0.5, 0.6) is 0 Å². The highest BCUT2D eigenvalue weighted by molar-refractivity contribution is 7.91. The van der Waals surface area contributed by atoms with E-state index in [1.54, 1.807) is 0 Å². The van der Waals surface area contributed by atoms with Crippen molar-refractivity contribution in [3.63, 3.8) is 0 Å². The predicted molar refractivity (Wildman–Crippen MR) is 121 cm³/mol. The first-order valence-corrected chi connectivity index (χ1v) is 14.4. The smallest absolute Gasteiger partial charge is 0.325 e. The van der Waals surface area contributed by atoms with Crippen LogP contribution in [0.3, 0.4) is 0 Å². The van der Waals surface area contributed by atoms with Crippen molar-refractivity contribution >= 4 is 37.5 Å². The summed E-state index contributed by atoms with van der Waals surface area (Å²) < 4.78 is 47.3. The van der Waals surface area contributed by atoms with E-state index in [0.29, 0.717) is 18.4 Å². The van der Waals surface area contributed by atoms with Gasteiger partial charge in [0.15, 0.2) is 19.7 Å². The van der Waals surface area contributed by atoms with Crippen LogP contribution in [-0.2, 0) is 34.8 Å². The van der Waals surface area contributed by atoms with Gasteiger partial charge in [0.05, 0.1) is 16.4 Å². The van der Waals surface area contributed by atoms with Gasteiger partial charge in [-0.1, -0.05) is 19.1 Å². The zero-order chi connectivity index (χ0) is 24.8. The molecule has 2 aliphatic heterocycles. The third kappa shape index (κ3) is 4.91. The maximum atomic E-state index is 13.2. The summed E-state index contributed by atoms with van der Waals surface area (Å²) >= 11 is 0. The first kappa shape index (κ1) is 25.2. The molecular weight excluding hydrogens is 470 g/mol. The molecule has 10 nitrogen and oxygen atoms in total. The van der Waals surface area contributed by atoms with E-state index in [2.05, 4.69) is 5.32 Å². The number of urea groups is 1. The Balaban J connectivity index is 1.83. The molecule has 2 heterocycles. The van der Waals surface area contributed by atoms with Crippen LogP contribution in [0, 0.1) is 0 Å². The van der Waals surface area contributed by atoms with Crippen LogP contribution in [0.1, 0.15) is 39.2 Å². The summed E-state index contributed by atoms with van der Waals surface area (Å²) in [6, 6.07) is 4.12. The second-order valence-electron chi connectivity index (χ2n) is 8.86. The molecule has 1 aromatic carbocycles. The van der Waals surface area contributed by atoms with Gasteiger partial charge in [-0.2, -0.15) is 0 Å². The summed E-state index contributed by atoms with van der Waals surface area (Å²) in [5.74, 6) is -1.27. The molecule has 0 unspecified atom stereocenters. The van der Waals surface area contributed by atoms with Gasteiger partial charge in [0.1, 0.15) is 12.1 Å². The van der Waals surface area contributed by atoms with Gasteiger partial charge in [-0.3, -0.25) is 14.5 Å². The van der Waals surface area contributed by atoms with E-state index in [-0.39, 0.29) is 22.4 Å². The van der Waals surface area contributed by atoms with Crippen molar-refractivity contribution < 1.29 is 31.2 Å². The number of nitrogens with zero attached hydrogens (tertiary/aromatic N) is 2. The van der Waals surface area contributed by atoms with Crippen molar-refractivity contribution in [1.29, 1.82) is 0 Å². The number of imide groups is 1. The Morgan fingerprint density at radius 3 is 2.36 bits per heavy atom. The Bertz CT molecular complexity index is 1180. The number of nitrogens with one attached hydrogen (secondary N) is 1. The Morgan fingerprint density at radius 1 is 1.27 bits per heavy atom. The largest absolute Gasteiger partial charge is 0.334 e. The highest BCUT2D eigenvalue weighted by Crippen LogP contribution is 2.30. The minimum Gasteiger partial charge on any atom is -0.334 e. The van der Waals surface area contributed by atoms with Crippen LogP contribution in [0.2, 0.25) is 0 Å². The molecule has 0 spiro atoms. The van der Waals surface area contributed by atoms with Crippen LogP contribution in [0.15, 0.2) is 29.2 Å². The molecule has 0 radical (unpaired) electrons. The minimum absolute atomic E-state index is 0.00254. The molecule has 0 bridgehead atoms. The summed E-state index contributed by atoms with van der Waals surface area (Å²) in [5.41, 5.74) is -1.09. The number of amides is 4. The van der Waals surface area contributed by atoms with E-state index < -0.39 is 55.6 Å². The second-order valence-corrected chi connectivity index (χ2v) is 13.1. The maximum Gasteiger partial charge on any atom is 0.325 e. The number of carbonyl (C=O) groups excluding carboxylic acids is 3. The standard InChI is InChI=1S/C21H29N3O7S2/c1-5-14(2)24(16-10-11-33(30,31)13-16)18(25)12-23-19(26)21(3,22-20(23)27)15-6-8-17(9-7-15)32(4,28)29/h6-9,14,16H,5,10-13H2,1-4H3,(H,22,27)/t14-,16+,21+/m0/s1. The first-order valence-electron chi connectivity index (χ1n) is 10.7. The highest BCUT2D eigenvalue weighted by Gasteiger charge is 2.50. The van der Waals surface area contributed by atoms with E-state index in [0.717, 1.165) is 11.2 Å². The fourth-order valence-corrected chi connectivity index (χ4v) is 6.63. The lowest BCUT2D eigenvalue weighted by Gasteiger charge is -2.34. The molecule has 2 saturated heterocycles. The average molecular weight is 500 g/mol. The first-order chi connectivity index (χ1) is 15.2. The Labute approximate surface area is 194 Å². The monoisotopic (exact) mass is 499 g/mol. The van der Waals surface area contributed by atoms with E-state index in [1.165, 1.54) is 36.1 Å². The molecule has 2 aliphatic rings. The van der Waals surface area contributed by atoms with Gasteiger partial charge in [0.25, 0.3) is 5.91 Å². The van der Waals surface area contributed by atoms with Gasteiger partial charge in [-0.05, 0) is 44.4 Å². The molecule has 0 aliphatic carbocycles. The molecule has 2 fully saturated rings. The van der Waals surface area contributed by atoms with Gasteiger partial charge < -0.3 is 10.2 Å².